The molecule has 0 unspecified atom stereocenters. The molecule has 0 amide bonds. The van der Waals surface area contributed by atoms with Gasteiger partial charge in [0.2, 0.25) is 0 Å². The van der Waals surface area contributed by atoms with E-state index in [1.54, 1.807) is 29.8 Å². The molecule has 0 saturated heterocycles. The van der Waals surface area contributed by atoms with Gasteiger partial charge < -0.3 is 0 Å². The summed E-state index contributed by atoms with van der Waals surface area (Å²) in [6.07, 6.45) is 0. The fourth-order valence-corrected chi connectivity index (χ4v) is 0.948. The van der Waals surface area contributed by atoms with Crippen molar-refractivity contribution in [1.82, 2.24) is 0 Å². The zero-order chi connectivity index (χ0) is 9.14. The van der Waals surface area contributed by atoms with E-state index in [9.17, 15) is 9.90 Å². The number of carboxylic acids is 1. The number of carbonyl (C=O) groups is 1. The summed E-state index contributed by atoms with van der Waals surface area (Å²) in [5.41, 5.74) is 0.175. The summed E-state index contributed by atoms with van der Waals surface area (Å²) in [6.45, 7) is 0. The number of carbonyl (C=O) groups excluding carboxylic acids is 1. The molecule has 0 heterocycles. The van der Waals surface area contributed by atoms with E-state index in [-0.39, 0.29) is 24.4 Å². The summed E-state index contributed by atoms with van der Waals surface area (Å²) in [6, 6.07) is 4.84. The molecule has 0 atom stereocenters. The zero-order valence-electron chi connectivity index (χ0n) is 7.96. The Morgan fingerprint density at radius 3 is 2.62 bits per heavy atom. The van der Waals surface area contributed by atoms with Gasteiger partial charge in [-0.3, -0.25) is 0 Å². The fraction of sp³-hybridized carbons (Fsp3) is 0.125. The molecule has 58 valence electrons. The van der Waals surface area contributed by atoms with Gasteiger partial charge in [-0.05, 0) is 0 Å². The van der Waals surface area contributed by atoms with Crippen molar-refractivity contribution in [2.75, 3.05) is 7.11 Å². The topological polar surface area (TPSA) is 49.4 Å². The predicted octanol–water partition coefficient (Wildman–Crippen LogP) is -4.14. The molecule has 0 aromatic heterocycles. The van der Waals surface area contributed by atoms with E-state index in [1.807, 2.05) is 0 Å². The molecule has 1 rings (SSSR count). The molecule has 0 aliphatic heterocycles. The van der Waals surface area contributed by atoms with Crippen molar-refractivity contribution in [3.05, 3.63) is 23.8 Å². The van der Waals surface area contributed by atoms with Crippen molar-refractivity contribution in [2.24, 2.45) is 0 Å². The number of ether oxygens (including phenoxy) is 1. The number of hydrogen-bond acceptors (Lipinski definition) is 3. The van der Waals surface area contributed by atoms with Gasteiger partial charge in [-0.25, -0.2) is 0 Å². The van der Waals surface area contributed by atoms with E-state index in [4.69, 9.17) is 4.74 Å². The average molecular weight is 164 g/mol. The molecule has 0 spiro atoms. The molecule has 13 heavy (non-hydrogen) atoms. The van der Waals surface area contributed by atoms with Crippen LogP contribution in [0, 0.1) is 0 Å². The van der Waals surface area contributed by atoms with Crippen LogP contribution in [0.5, 0.6) is 5.75 Å². The SMILES string of the molecule is [Li+].[Li][c]1ccc(OC)cc1C(=O)[O-]. The molecule has 1 aromatic rings. The number of benzene rings is 1. The van der Waals surface area contributed by atoms with E-state index in [2.05, 4.69) is 0 Å². The number of carboxylic acid groups (broad SMARTS) is 1. The third-order valence-electron chi connectivity index (χ3n) is 1.66. The van der Waals surface area contributed by atoms with E-state index in [0.717, 1.165) is 0 Å². The van der Waals surface area contributed by atoms with Crippen molar-refractivity contribution < 1.29 is 33.5 Å². The van der Waals surface area contributed by atoms with Crippen molar-refractivity contribution in [3.8, 4) is 5.75 Å². The summed E-state index contributed by atoms with van der Waals surface area (Å²) in [4.78, 5) is 10.5. The zero-order valence-corrected chi connectivity index (χ0v) is 7.96. The Balaban J connectivity index is 0.00000144. The van der Waals surface area contributed by atoms with Crippen molar-refractivity contribution in [2.45, 2.75) is 0 Å². The van der Waals surface area contributed by atoms with Crippen LogP contribution in [0.2, 0.25) is 0 Å². The van der Waals surface area contributed by atoms with Crippen LogP contribution in [0.1, 0.15) is 10.4 Å². The predicted molar refractivity (Wildman–Crippen MR) is 42.7 cm³/mol. The number of aromatic carboxylic acids is 1. The Morgan fingerprint density at radius 2 is 2.15 bits per heavy atom. The summed E-state index contributed by atoms with van der Waals surface area (Å²) in [7, 11) is 1.49. The van der Waals surface area contributed by atoms with Crippen LogP contribution < -0.4 is 32.9 Å². The van der Waals surface area contributed by atoms with Gasteiger partial charge in [0, 0.05) is 0 Å². The standard InChI is InChI=1S/C8H7O3.2Li/c1-11-7-4-2-3-6(5-7)8(9)10;;/h2,4-5H,1H3,(H,9,10);;/q;;+1/p-1. The van der Waals surface area contributed by atoms with Gasteiger partial charge in [-0.1, -0.05) is 0 Å². The van der Waals surface area contributed by atoms with Crippen LogP contribution >= 0.6 is 0 Å². The Labute approximate surface area is 97.9 Å². The number of rotatable bonds is 2. The normalized spacial score (nSPS) is 8.85. The van der Waals surface area contributed by atoms with Gasteiger partial charge in [0.15, 0.2) is 0 Å². The molecule has 5 heteroatoms. The fourth-order valence-electron chi connectivity index (χ4n) is 0.948. The van der Waals surface area contributed by atoms with Gasteiger partial charge in [0.25, 0.3) is 0 Å². The molecule has 0 aliphatic rings. The van der Waals surface area contributed by atoms with E-state index < -0.39 is 5.97 Å². The second-order valence-electron chi connectivity index (χ2n) is 2.47. The maximum absolute atomic E-state index is 10.5. The quantitative estimate of drug-likeness (QED) is 0.417. The van der Waals surface area contributed by atoms with Crippen LogP contribution in [0.15, 0.2) is 18.2 Å². The van der Waals surface area contributed by atoms with Gasteiger partial charge >= 0.3 is 98.0 Å². The first-order valence-electron chi connectivity index (χ1n) is 3.51. The summed E-state index contributed by atoms with van der Waals surface area (Å²) in [5.74, 6) is -0.647. The number of methoxy groups -OCH3 is 1. The Morgan fingerprint density at radius 1 is 1.54 bits per heavy atom. The first kappa shape index (κ1) is 12.7. The Hall–Kier alpha value is -0.315. The van der Waals surface area contributed by atoms with Crippen molar-refractivity contribution in [1.29, 1.82) is 0 Å². The monoisotopic (exact) mass is 164 g/mol. The summed E-state index contributed by atoms with van der Waals surface area (Å²) >= 11 is 1.71. The number of hydrogen-bond donors (Lipinski definition) is 0. The van der Waals surface area contributed by atoms with Crippen LogP contribution in [0.25, 0.3) is 0 Å². The van der Waals surface area contributed by atoms with Gasteiger partial charge in [-0.15, -0.1) is 0 Å². The molecule has 3 nitrogen and oxygen atoms in total. The van der Waals surface area contributed by atoms with Crippen LogP contribution in [-0.2, 0) is 0 Å². The molecule has 0 fully saturated rings. The molecule has 0 aliphatic carbocycles. The minimum absolute atomic E-state index is 0. The molecule has 0 bridgehead atoms. The third kappa shape index (κ3) is 3.14. The summed E-state index contributed by atoms with van der Waals surface area (Å²) in [5, 5.41) is 10.5. The summed E-state index contributed by atoms with van der Waals surface area (Å²) < 4.78 is 5.55. The van der Waals surface area contributed by atoms with Crippen LogP contribution in [0.4, 0.5) is 0 Å². The first-order valence-corrected chi connectivity index (χ1v) is 3.51. The average Bonchev–Trinajstić information content (AvgIpc) is 2.05. The maximum atomic E-state index is 10.5. The van der Waals surface area contributed by atoms with E-state index in [1.165, 1.54) is 13.2 Å². The molecular formula is C8H6Li2O3. The van der Waals surface area contributed by atoms with Gasteiger partial charge in [0.1, 0.15) is 0 Å². The third-order valence-corrected chi connectivity index (χ3v) is 1.66. The van der Waals surface area contributed by atoms with E-state index >= 15 is 0 Å². The Kier molecular flexibility index (Phi) is 5.29. The van der Waals surface area contributed by atoms with Crippen molar-refractivity contribution in [3.63, 3.8) is 0 Å². The van der Waals surface area contributed by atoms with Gasteiger partial charge in [0.05, 0.1) is 0 Å². The molecular weight excluding hydrogens is 158 g/mol. The minimum atomic E-state index is -1.17. The second-order valence-corrected chi connectivity index (χ2v) is 2.47. The molecule has 0 saturated carbocycles. The van der Waals surface area contributed by atoms with Crippen molar-refractivity contribution >= 4 is 27.9 Å². The molecule has 0 N–H and O–H groups in total. The molecule has 1 aromatic carbocycles. The molecule has 0 radical (unpaired) electrons. The van der Waals surface area contributed by atoms with Gasteiger partial charge in [-0.2, -0.15) is 0 Å². The van der Waals surface area contributed by atoms with Crippen LogP contribution in [-0.4, -0.2) is 30.8 Å². The van der Waals surface area contributed by atoms with E-state index in [0.29, 0.717) is 9.99 Å². The Bertz CT molecular complexity index is 312. The van der Waals surface area contributed by atoms with Crippen LogP contribution in [0.3, 0.4) is 0 Å². The second kappa shape index (κ2) is 5.42. The first-order chi connectivity index (χ1) is 5.65.